The van der Waals surface area contributed by atoms with E-state index < -0.39 is 0 Å². The molecule has 1 amide bonds. The predicted molar refractivity (Wildman–Crippen MR) is 99.5 cm³/mol. The molecule has 1 aromatic heterocycles. The number of aryl methyl sites for hydroxylation is 1. The van der Waals surface area contributed by atoms with Crippen LogP contribution in [0.25, 0.3) is 11.3 Å². The maximum atomic E-state index is 13.8. The van der Waals surface area contributed by atoms with Crippen LogP contribution in [0.4, 0.5) is 4.39 Å². The first-order chi connectivity index (χ1) is 13.7. The maximum Gasteiger partial charge on any atom is 0.231 e. The number of halogens is 1. The monoisotopic (exact) mass is 382 g/mol. The van der Waals surface area contributed by atoms with Gasteiger partial charge < -0.3 is 19.2 Å². The first-order valence-corrected chi connectivity index (χ1v) is 9.04. The summed E-state index contributed by atoms with van der Waals surface area (Å²) in [7, 11) is 0. The van der Waals surface area contributed by atoms with E-state index in [1.807, 2.05) is 18.2 Å². The van der Waals surface area contributed by atoms with Crippen LogP contribution >= 0.6 is 0 Å². The molecule has 0 saturated heterocycles. The Morgan fingerprint density at radius 1 is 1.11 bits per heavy atom. The summed E-state index contributed by atoms with van der Waals surface area (Å²) in [5.41, 5.74) is 1.42. The Morgan fingerprint density at radius 2 is 1.96 bits per heavy atom. The van der Waals surface area contributed by atoms with Gasteiger partial charge in [0.1, 0.15) is 5.82 Å². The third-order valence-electron chi connectivity index (χ3n) is 4.43. The summed E-state index contributed by atoms with van der Waals surface area (Å²) < 4.78 is 30.0. The zero-order valence-electron chi connectivity index (χ0n) is 15.1. The number of carbonyl (C=O) groups excluding carboxylic acids is 1. The van der Waals surface area contributed by atoms with Crippen molar-refractivity contribution in [1.82, 2.24) is 10.3 Å². The molecule has 4 rings (SSSR count). The van der Waals surface area contributed by atoms with Gasteiger partial charge in [0.15, 0.2) is 23.1 Å². The minimum atomic E-state index is -0.369. The second-order valence-corrected chi connectivity index (χ2v) is 6.39. The van der Waals surface area contributed by atoms with Gasteiger partial charge in [0.2, 0.25) is 12.7 Å². The summed E-state index contributed by atoms with van der Waals surface area (Å²) >= 11 is 0. The third-order valence-corrected chi connectivity index (χ3v) is 4.43. The molecule has 0 fully saturated rings. The Bertz CT molecular complexity index is 986. The molecule has 6 nitrogen and oxygen atoms in total. The van der Waals surface area contributed by atoms with Crippen molar-refractivity contribution in [2.45, 2.75) is 19.3 Å². The minimum absolute atomic E-state index is 0.0913. The van der Waals surface area contributed by atoms with Crippen LogP contribution in [0.5, 0.6) is 11.5 Å². The topological polar surface area (TPSA) is 73.6 Å². The number of ether oxygens (including phenoxy) is 2. The number of nitrogens with zero attached hydrogens (tertiary/aromatic N) is 1. The van der Waals surface area contributed by atoms with Crippen LogP contribution in [-0.2, 0) is 17.6 Å². The van der Waals surface area contributed by atoms with Gasteiger partial charge in [0, 0.05) is 19.4 Å². The molecular formula is C21H19FN2O4. The fraction of sp³-hybridized carbons (Fsp3) is 0.238. The molecular weight excluding hydrogens is 363 g/mol. The highest BCUT2D eigenvalue weighted by Crippen LogP contribution is 2.32. The molecule has 3 aromatic rings. The van der Waals surface area contributed by atoms with Crippen LogP contribution in [0.3, 0.4) is 0 Å². The molecule has 7 heteroatoms. The van der Waals surface area contributed by atoms with Gasteiger partial charge in [-0.15, -0.1) is 0 Å². The standard InChI is InChI=1S/C21H19FN2O4/c22-16-4-2-1-3-15(16)19-12-24-21(28-19)8-7-20(25)23-10-9-14-5-6-17-18(11-14)27-13-26-17/h1-6,11-12H,7-10,13H2,(H,23,25). The number of fused-ring (bicyclic) bond motifs is 1. The van der Waals surface area contributed by atoms with E-state index in [9.17, 15) is 9.18 Å². The lowest BCUT2D eigenvalue weighted by Gasteiger charge is -2.05. The average Bonchev–Trinajstić information content (AvgIpc) is 3.36. The predicted octanol–water partition coefficient (Wildman–Crippen LogP) is 3.50. The van der Waals surface area contributed by atoms with Gasteiger partial charge >= 0.3 is 0 Å². The summed E-state index contributed by atoms with van der Waals surface area (Å²) in [5.74, 6) is 1.78. The number of amides is 1. The van der Waals surface area contributed by atoms with Crippen molar-refractivity contribution < 1.29 is 23.1 Å². The number of hydrogen-bond donors (Lipinski definition) is 1. The number of rotatable bonds is 7. The molecule has 0 unspecified atom stereocenters. The number of hydrogen-bond acceptors (Lipinski definition) is 5. The van der Waals surface area contributed by atoms with E-state index in [0.717, 1.165) is 17.1 Å². The van der Waals surface area contributed by atoms with Crippen molar-refractivity contribution in [2.24, 2.45) is 0 Å². The highest BCUT2D eigenvalue weighted by Gasteiger charge is 2.14. The first-order valence-electron chi connectivity index (χ1n) is 9.04. The number of carbonyl (C=O) groups is 1. The van der Waals surface area contributed by atoms with Crippen LogP contribution in [0.1, 0.15) is 17.9 Å². The quantitative estimate of drug-likeness (QED) is 0.677. The van der Waals surface area contributed by atoms with E-state index in [2.05, 4.69) is 10.3 Å². The van der Waals surface area contributed by atoms with E-state index in [-0.39, 0.29) is 24.9 Å². The highest BCUT2D eigenvalue weighted by atomic mass is 19.1. The van der Waals surface area contributed by atoms with E-state index in [4.69, 9.17) is 13.9 Å². The van der Waals surface area contributed by atoms with Gasteiger partial charge in [-0.05, 0) is 36.2 Å². The molecule has 0 saturated carbocycles. The molecule has 1 aliphatic heterocycles. The van der Waals surface area contributed by atoms with Crippen molar-refractivity contribution in [1.29, 1.82) is 0 Å². The molecule has 1 aliphatic rings. The third kappa shape index (κ3) is 4.14. The van der Waals surface area contributed by atoms with Crippen molar-refractivity contribution in [2.75, 3.05) is 13.3 Å². The lowest BCUT2D eigenvalue weighted by Crippen LogP contribution is -2.25. The molecule has 28 heavy (non-hydrogen) atoms. The van der Waals surface area contributed by atoms with E-state index in [0.29, 0.717) is 36.6 Å². The van der Waals surface area contributed by atoms with E-state index >= 15 is 0 Å². The Labute approximate surface area is 161 Å². The van der Waals surface area contributed by atoms with Crippen LogP contribution in [0.2, 0.25) is 0 Å². The zero-order valence-corrected chi connectivity index (χ0v) is 15.1. The number of nitrogens with one attached hydrogen (secondary N) is 1. The smallest absolute Gasteiger partial charge is 0.231 e. The van der Waals surface area contributed by atoms with Gasteiger partial charge in [-0.25, -0.2) is 9.37 Å². The van der Waals surface area contributed by atoms with Crippen molar-refractivity contribution in [3.63, 3.8) is 0 Å². The molecule has 2 aromatic carbocycles. The summed E-state index contributed by atoms with van der Waals surface area (Å²) in [4.78, 5) is 16.2. The zero-order chi connectivity index (χ0) is 19.3. The summed E-state index contributed by atoms with van der Waals surface area (Å²) in [6.07, 6.45) is 2.77. The fourth-order valence-corrected chi connectivity index (χ4v) is 2.96. The van der Waals surface area contributed by atoms with E-state index in [1.165, 1.54) is 12.3 Å². The number of oxazole rings is 1. The summed E-state index contributed by atoms with van der Waals surface area (Å²) in [5, 5.41) is 2.88. The Balaban J connectivity index is 1.23. The summed E-state index contributed by atoms with van der Waals surface area (Å²) in [6, 6.07) is 12.1. The lowest BCUT2D eigenvalue weighted by atomic mass is 10.1. The number of benzene rings is 2. The van der Waals surface area contributed by atoms with Gasteiger partial charge in [-0.3, -0.25) is 4.79 Å². The maximum absolute atomic E-state index is 13.8. The largest absolute Gasteiger partial charge is 0.454 e. The molecule has 0 radical (unpaired) electrons. The first kappa shape index (κ1) is 18.0. The van der Waals surface area contributed by atoms with Crippen LogP contribution in [-0.4, -0.2) is 24.2 Å². The number of aromatic nitrogens is 1. The van der Waals surface area contributed by atoms with Crippen LogP contribution in [0.15, 0.2) is 53.1 Å². The Hall–Kier alpha value is -3.35. The second kappa shape index (κ2) is 8.12. The molecule has 144 valence electrons. The lowest BCUT2D eigenvalue weighted by molar-refractivity contribution is -0.121. The van der Waals surface area contributed by atoms with Gasteiger partial charge in [0.25, 0.3) is 0 Å². The molecule has 0 aliphatic carbocycles. The van der Waals surface area contributed by atoms with Gasteiger partial charge in [-0.1, -0.05) is 18.2 Å². The second-order valence-electron chi connectivity index (χ2n) is 6.39. The van der Waals surface area contributed by atoms with E-state index in [1.54, 1.807) is 18.2 Å². The fourth-order valence-electron chi connectivity index (χ4n) is 2.96. The molecule has 1 N–H and O–H groups in total. The average molecular weight is 382 g/mol. The Morgan fingerprint density at radius 3 is 2.86 bits per heavy atom. The highest BCUT2D eigenvalue weighted by molar-refractivity contribution is 5.76. The summed E-state index contributed by atoms with van der Waals surface area (Å²) in [6.45, 7) is 0.763. The van der Waals surface area contributed by atoms with Crippen LogP contribution in [0, 0.1) is 5.82 Å². The van der Waals surface area contributed by atoms with Gasteiger partial charge in [-0.2, -0.15) is 0 Å². The molecule has 2 heterocycles. The molecule has 0 atom stereocenters. The molecule has 0 bridgehead atoms. The van der Waals surface area contributed by atoms with Crippen LogP contribution < -0.4 is 14.8 Å². The Kier molecular flexibility index (Phi) is 5.23. The molecule has 0 spiro atoms. The minimum Gasteiger partial charge on any atom is -0.454 e. The normalized spacial score (nSPS) is 12.2. The van der Waals surface area contributed by atoms with Crippen molar-refractivity contribution in [3.8, 4) is 22.8 Å². The van der Waals surface area contributed by atoms with Crippen molar-refractivity contribution in [3.05, 3.63) is 65.9 Å². The SMILES string of the molecule is O=C(CCc1ncc(-c2ccccc2F)o1)NCCc1ccc2c(c1)OCO2. The van der Waals surface area contributed by atoms with Gasteiger partial charge in [0.05, 0.1) is 11.8 Å². The van der Waals surface area contributed by atoms with Crippen molar-refractivity contribution >= 4 is 5.91 Å².